The smallest absolute Gasteiger partial charge is 0.165 e. The Labute approximate surface area is 440 Å². The first-order valence-corrected chi connectivity index (χ1v) is 25.5. The van der Waals surface area contributed by atoms with Crippen LogP contribution in [-0.2, 0) is 6.42 Å². The van der Waals surface area contributed by atoms with E-state index in [1.807, 2.05) is 134 Å². The van der Waals surface area contributed by atoms with Crippen molar-refractivity contribution in [2.75, 3.05) is 0 Å². The fourth-order valence-corrected chi connectivity index (χ4v) is 10.3. The molecule has 0 aliphatic rings. The highest BCUT2D eigenvalue weighted by Crippen LogP contribution is 2.41. The van der Waals surface area contributed by atoms with Crippen molar-refractivity contribution in [3.05, 3.63) is 265 Å². The molecule has 9 aromatic carbocycles. The van der Waals surface area contributed by atoms with Crippen molar-refractivity contribution in [2.45, 2.75) is 20.3 Å². The van der Waals surface area contributed by atoms with Gasteiger partial charge in [-0.15, -0.1) is 0 Å². The molecule has 0 aliphatic heterocycles. The van der Waals surface area contributed by atoms with Crippen molar-refractivity contribution in [3.8, 4) is 96.3 Å². The Morgan fingerprint density at radius 1 is 0.316 bits per heavy atom. The summed E-state index contributed by atoms with van der Waals surface area (Å²) in [6, 6.07) is 80.1. The van der Waals surface area contributed by atoms with E-state index in [0.717, 1.165) is 72.0 Å². The quantitative estimate of drug-likeness (QED) is 0.127. The van der Waals surface area contributed by atoms with E-state index in [-0.39, 0.29) is 0 Å². The van der Waals surface area contributed by atoms with Gasteiger partial charge < -0.3 is 4.57 Å². The Balaban J connectivity index is 1.05. The van der Waals surface area contributed by atoms with Gasteiger partial charge in [-0.2, -0.15) is 0 Å². The molecule has 13 aromatic rings. The van der Waals surface area contributed by atoms with Crippen LogP contribution in [-0.4, -0.2) is 39.5 Å². The molecule has 13 rings (SSSR count). The average molecular weight is 977 g/mol. The molecule has 76 heavy (non-hydrogen) atoms. The Hall–Kier alpha value is -10.1. The van der Waals surface area contributed by atoms with Crippen LogP contribution in [0.4, 0.5) is 0 Å². The normalized spacial score (nSPS) is 11.3. The van der Waals surface area contributed by atoms with E-state index in [1.54, 1.807) is 0 Å². The van der Waals surface area contributed by atoms with Crippen LogP contribution < -0.4 is 0 Å². The Morgan fingerprint density at radius 3 is 1.16 bits per heavy atom. The van der Waals surface area contributed by atoms with Crippen LogP contribution in [0.15, 0.2) is 243 Å². The Morgan fingerprint density at radius 2 is 0.711 bits per heavy atom. The molecule has 0 saturated heterocycles. The zero-order valence-corrected chi connectivity index (χ0v) is 41.9. The van der Waals surface area contributed by atoms with E-state index in [0.29, 0.717) is 41.4 Å². The minimum absolute atomic E-state index is 0.486. The van der Waals surface area contributed by atoms with E-state index in [4.69, 9.17) is 34.9 Å². The molecule has 0 unspecified atom stereocenters. The number of hydrogen-bond donors (Lipinski definition) is 0. The van der Waals surface area contributed by atoms with E-state index < -0.39 is 0 Å². The van der Waals surface area contributed by atoms with Gasteiger partial charge in [-0.1, -0.05) is 182 Å². The lowest BCUT2D eigenvalue weighted by Gasteiger charge is -2.18. The summed E-state index contributed by atoms with van der Waals surface area (Å²) in [6.45, 7) is 4.36. The van der Waals surface area contributed by atoms with Gasteiger partial charge in [-0.05, 0) is 107 Å². The molecule has 0 fully saturated rings. The van der Waals surface area contributed by atoms with Gasteiger partial charge in [0.05, 0.1) is 11.0 Å². The first-order chi connectivity index (χ1) is 37.5. The highest BCUT2D eigenvalue weighted by molar-refractivity contribution is 6.12. The Bertz CT molecular complexity index is 4050. The van der Waals surface area contributed by atoms with Crippen LogP contribution in [0.2, 0.25) is 0 Å². The first kappa shape index (κ1) is 45.8. The van der Waals surface area contributed by atoms with Crippen molar-refractivity contribution >= 4 is 21.8 Å². The van der Waals surface area contributed by atoms with Crippen LogP contribution in [0.3, 0.4) is 0 Å². The molecule has 4 heterocycles. The number of aromatic nitrogens is 8. The molecule has 360 valence electrons. The average Bonchev–Trinajstić information content (AvgIpc) is 3.89. The molecule has 0 bridgehead atoms. The molecule has 0 aliphatic carbocycles. The van der Waals surface area contributed by atoms with E-state index in [2.05, 4.69) is 128 Å². The van der Waals surface area contributed by atoms with Crippen LogP contribution in [0.1, 0.15) is 22.3 Å². The van der Waals surface area contributed by atoms with Crippen molar-refractivity contribution in [1.82, 2.24) is 39.5 Å². The van der Waals surface area contributed by atoms with Gasteiger partial charge in [-0.3, -0.25) is 4.98 Å². The molecule has 4 aromatic heterocycles. The van der Waals surface area contributed by atoms with Crippen molar-refractivity contribution < 1.29 is 0 Å². The molecule has 8 nitrogen and oxygen atoms in total. The van der Waals surface area contributed by atoms with Crippen LogP contribution in [0, 0.1) is 13.8 Å². The summed E-state index contributed by atoms with van der Waals surface area (Å²) in [5.74, 6) is 3.47. The molecular formula is C68H48N8. The highest BCUT2D eigenvalue weighted by Gasteiger charge is 2.22. The molecule has 0 saturated carbocycles. The van der Waals surface area contributed by atoms with Crippen molar-refractivity contribution in [1.29, 1.82) is 0 Å². The van der Waals surface area contributed by atoms with Gasteiger partial charge in [0, 0.05) is 68.7 Å². The lowest BCUT2D eigenvalue weighted by molar-refractivity contribution is 1.04. The van der Waals surface area contributed by atoms with E-state index in [1.165, 1.54) is 33.4 Å². The number of hydrogen-bond acceptors (Lipinski definition) is 7. The maximum absolute atomic E-state index is 5.21. The molecule has 8 heteroatoms. The van der Waals surface area contributed by atoms with Crippen LogP contribution >= 0.6 is 0 Å². The summed E-state index contributed by atoms with van der Waals surface area (Å²) in [7, 11) is 0. The summed E-state index contributed by atoms with van der Waals surface area (Å²) in [5, 5.41) is 2.32. The zero-order chi connectivity index (χ0) is 51.0. The summed E-state index contributed by atoms with van der Waals surface area (Å²) >= 11 is 0. The van der Waals surface area contributed by atoms with E-state index in [9.17, 15) is 0 Å². The lowest BCUT2D eigenvalue weighted by Crippen LogP contribution is -2.06. The molecule has 0 amide bonds. The maximum atomic E-state index is 5.21. The summed E-state index contributed by atoms with van der Waals surface area (Å²) in [6.07, 6.45) is 4.22. The third-order valence-electron chi connectivity index (χ3n) is 14.2. The third kappa shape index (κ3) is 8.77. The predicted octanol–water partition coefficient (Wildman–Crippen LogP) is 16.1. The minimum Gasteiger partial charge on any atom is -0.309 e. The second-order valence-corrected chi connectivity index (χ2v) is 19.1. The number of pyridine rings is 1. The molecule has 0 spiro atoms. The second kappa shape index (κ2) is 19.8. The van der Waals surface area contributed by atoms with Crippen molar-refractivity contribution in [3.63, 3.8) is 0 Å². The maximum Gasteiger partial charge on any atom is 0.165 e. The number of nitrogens with zero attached hydrogens (tertiary/aromatic N) is 8. The van der Waals surface area contributed by atoms with Gasteiger partial charge in [0.15, 0.2) is 34.9 Å². The minimum atomic E-state index is 0.486. The zero-order valence-electron chi connectivity index (χ0n) is 41.9. The number of fused-ring (bicyclic) bond motifs is 3. The van der Waals surface area contributed by atoms with Gasteiger partial charge in [0.1, 0.15) is 0 Å². The van der Waals surface area contributed by atoms with Gasteiger partial charge in [0.25, 0.3) is 0 Å². The summed E-state index contributed by atoms with van der Waals surface area (Å²) in [4.78, 5) is 35.5. The summed E-state index contributed by atoms with van der Waals surface area (Å²) in [5.41, 5.74) is 17.7. The second-order valence-electron chi connectivity index (χ2n) is 19.1. The molecule has 0 atom stereocenters. The summed E-state index contributed by atoms with van der Waals surface area (Å²) < 4.78 is 2.43. The monoisotopic (exact) mass is 976 g/mol. The predicted molar refractivity (Wildman–Crippen MR) is 308 cm³/mol. The first-order valence-electron chi connectivity index (χ1n) is 25.5. The van der Waals surface area contributed by atoms with Crippen LogP contribution in [0.5, 0.6) is 0 Å². The number of benzene rings is 9. The number of rotatable bonds is 11. The highest BCUT2D eigenvalue weighted by atomic mass is 15.0. The van der Waals surface area contributed by atoms with Crippen LogP contribution in [0.25, 0.3) is 118 Å². The fourth-order valence-electron chi connectivity index (χ4n) is 10.3. The lowest BCUT2D eigenvalue weighted by atomic mass is 9.97. The standard InChI is InChI=1S/C68H48N8/c1-44-19-15-17-29-55(44)50-31-35-61-57(41-50)58-42-51(56-30-18-16-20-45(56)2)32-36-62(58)76(61)60-34-33-53(67-72-63(46-21-7-3-8-22-46)70-64(73-67)47-23-9-4-10-24-47)40-54(60)39-52-37-38-69-43-59(52)68-74-65(48-25-11-5-12-26-48)71-66(75-68)49-27-13-6-14-28-49/h3-38,40-43H,39H2,1-2H3. The fraction of sp³-hybridized carbons (Fsp3) is 0.0441. The Kier molecular flexibility index (Phi) is 11.9. The SMILES string of the molecule is Cc1ccccc1-c1ccc2c(c1)c1cc(-c3ccccc3C)ccc1n2-c1ccc(-c2nc(-c3ccccc3)nc(-c3ccccc3)n2)cc1Cc1ccncc1-c1nc(-c2ccccc2)nc(-c2ccccc2)n1. The van der Waals surface area contributed by atoms with Gasteiger partial charge in [0.2, 0.25) is 0 Å². The topological polar surface area (TPSA) is 95.2 Å². The van der Waals surface area contributed by atoms with Gasteiger partial charge in [-0.25, -0.2) is 29.9 Å². The van der Waals surface area contributed by atoms with Gasteiger partial charge >= 0.3 is 0 Å². The molecule has 0 N–H and O–H groups in total. The van der Waals surface area contributed by atoms with E-state index >= 15 is 0 Å². The number of aryl methyl sites for hydroxylation is 2. The largest absolute Gasteiger partial charge is 0.309 e. The third-order valence-corrected chi connectivity index (χ3v) is 14.2. The van der Waals surface area contributed by atoms with Crippen molar-refractivity contribution in [2.24, 2.45) is 0 Å². The molecule has 0 radical (unpaired) electrons. The molecular weight excluding hydrogens is 929 g/mol.